The molecule has 0 saturated carbocycles. The molecule has 2 rings (SSSR count). The number of rotatable bonds is 8. The van der Waals surface area contributed by atoms with Crippen molar-refractivity contribution in [3.05, 3.63) is 29.8 Å². The molecular weight excluding hydrogens is 326 g/mol. The number of halogens is 1. The Balaban J connectivity index is 0.00000288. The van der Waals surface area contributed by atoms with E-state index in [-0.39, 0.29) is 24.4 Å². The van der Waals surface area contributed by atoms with Gasteiger partial charge >= 0.3 is 0 Å². The van der Waals surface area contributed by atoms with Crippen molar-refractivity contribution < 1.29 is 9.53 Å². The van der Waals surface area contributed by atoms with E-state index >= 15 is 0 Å². The van der Waals surface area contributed by atoms with Crippen LogP contribution in [-0.2, 0) is 4.79 Å². The van der Waals surface area contributed by atoms with E-state index in [1.165, 1.54) is 18.4 Å². The molecule has 0 aromatic heterocycles. The average molecular weight is 356 g/mol. The van der Waals surface area contributed by atoms with Crippen LogP contribution in [0.25, 0.3) is 0 Å². The van der Waals surface area contributed by atoms with Gasteiger partial charge in [-0.05, 0) is 50.0 Å². The maximum absolute atomic E-state index is 12.1. The summed E-state index contributed by atoms with van der Waals surface area (Å²) < 4.78 is 5.23. The molecule has 0 aliphatic carbocycles. The smallest absolute Gasteiger partial charge is 0.236 e. The first-order chi connectivity index (χ1) is 11.2. The Labute approximate surface area is 151 Å². The van der Waals surface area contributed by atoms with Gasteiger partial charge in [-0.25, -0.2) is 0 Å². The summed E-state index contributed by atoms with van der Waals surface area (Å²) in [5.74, 6) is 0.799. The molecule has 2 atom stereocenters. The molecule has 3 N–H and O–H groups in total. The van der Waals surface area contributed by atoms with Crippen LogP contribution in [0.5, 0.6) is 5.75 Å². The lowest BCUT2D eigenvalue weighted by Gasteiger charge is -2.28. The summed E-state index contributed by atoms with van der Waals surface area (Å²) in [5, 5.41) is 3.03. The largest absolute Gasteiger partial charge is 0.497 e. The van der Waals surface area contributed by atoms with E-state index in [0.717, 1.165) is 31.7 Å². The lowest BCUT2D eigenvalue weighted by molar-refractivity contribution is -0.122. The van der Waals surface area contributed by atoms with Crippen molar-refractivity contribution in [1.29, 1.82) is 0 Å². The highest BCUT2D eigenvalue weighted by Crippen LogP contribution is 2.26. The van der Waals surface area contributed by atoms with Crippen LogP contribution >= 0.6 is 12.4 Å². The Hall–Kier alpha value is -1.30. The Morgan fingerprint density at radius 3 is 2.46 bits per heavy atom. The van der Waals surface area contributed by atoms with E-state index in [2.05, 4.69) is 22.3 Å². The molecule has 1 heterocycles. The van der Waals surface area contributed by atoms with Crippen molar-refractivity contribution in [2.75, 3.05) is 26.7 Å². The van der Waals surface area contributed by atoms with Gasteiger partial charge in [0.2, 0.25) is 5.91 Å². The molecule has 24 heavy (non-hydrogen) atoms. The number of ether oxygens (including phenoxy) is 1. The molecule has 1 aromatic carbocycles. The number of amides is 1. The van der Waals surface area contributed by atoms with Crippen molar-refractivity contribution >= 4 is 18.3 Å². The summed E-state index contributed by atoms with van der Waals surface area (Å²) in [5.41, 5.74) is 7.11. The van der Waals surface area contributed by atoms with Gasteiger partial charge in [0.25, 0.3) is 0 Å². The van der Waals surface area contributed by atoms with Crippen LogP contribution in [0.4, 0.5) is 0 Å². The molecule has 5 nitrogen and oxygen atoms in total. The molecule has 136 valence electrons. The summed E-state index contributed by atoms with van der Waals surface area (Å²) in [6.45, 7) is 4.79. The van der Waals surface area contributed by atoms with Crippen LogP contribution in [0.2, 0.25) is 0 Å². The molecule has 1 fully saturated rings. The number of carbonyl (C=O) groups is 1. The molecular formula is C18H30ClN3O2. The minimum absolute atomic E-state index is 0. The third kappa shape index (κ3) is 5.65. The van der Waals surface area contributed by atoms with Gasteiger partial charge in [-0.1, -0.05) is 25.5 Å². The molecule has 2 unspecified atom stereocenters. The van der Waals surface area contributed by atoms with Gasteiger partial charge in [0.05, 0.1) is 19.2 Å². The number of benzene rings is 1. The van der Waals surface area contributed by atoms with Gasteiger partial charge < -0.3 is 15.8 Å². The Kier molecular flexibility index (Phi) is 9.11. The number of likely N-dealkylation sites (tertiary alicyclic amines) is 1. The molecule has 1 aliphatic rings. The molecule has 1 amide bonds. The summed E-state index contributed by atoms with van der Waals surface area (Å²) >= 11 is 0. The van der Waals surface area contributed by atoms with Crippen LogP contribution in [0.15, 0.2) is 24.3 Å². The van der Waals surface area contributed by atoms with E-state index in [9.17, 15) is 4.79 Å². The van der Waals surface area contributed by atoms with E-state index < -0.39 is 6.04 Å². The summed E-state index contributed by atoms with van der Waals surface area (Å²) in [6, 6.07) is 7.91. The second-order valence-corrected chi connectivity index (χ2v) is 6.17. The molecule has 1 aromatic rings. The van der Waals surface area contributed by atoms with Crippen LogP contribution < -0.4 is 15.8 Å². The highest BCUT2D eigenvalue weighted by Gasteiger charge is 2.24. The van der Waals surface area contributed by atoms with Gasteiger partial charge in [0.1, 0.15) is 5.75 Å². The molecule has 0 radical (unpaired) electrons. The van der Waals surface area contributed by atoms with Crippen molar-refractivity contribution in [3.8, 4) is 5.75 Å². The number of carbonyl (C=O) groups excluding carboxylic acids is 1. The Morgan fingerprint density at radius 1 is 1.29 bits per heavy atom. The zero-order chi connectivity index (χ0) is 16.7. The molecule has 1 aliphatic heterocycles. The monoisotopic (exact) mass is 355 g/mol. The van der Waals surface area contributed by atoms with Crippen molar-refractivity contribution in [2.45, 2.75) is 44.7 Å². The van der Waals surface area contributed by atoms with Crippen LogP contribution in [0, 0.1) is 0 Å². The number of hydrogen-bond acceptors (Lipinski definition) is 4. The second kappa shape index (κ2) is 10.5. The molecule has 0 spiro atoms. The zero-order valence-corrected chi connectivity index (χ0v) is 15.5. The van der Waals surface area contributed by atoms with Gasteiger partial charge in [-0.15, -0.1) is 12.4 Å². The first-order valence-corrected chi connectivity index (χ1v) is 8.57. The van der Waals surface area contributed by atoms with Gasteiger partial charge in [-0.2, -0.15) is 0 Å². The van der Waals surface area contributed by atoms with Crippen molar-refractivity contribution in [2.24, 2.45) is 5.73 Å². The van der Waals surface area contributed by atoms with E-state index in [1.54, 1.807) is 7.11 Å². The van der Waals surface area contributed by atoms with Gasteiger partial charge in [0, 0.05) is 6.54 Å². The molecule has 0 bridgehead atoms. The van der Waals surface area contributed by atoms with Gasteiger partial charge in [-0.3, -0.25) is 9.69 Å². The highest BCUT2D eigenvalue weighted by molar-refractivity contribution is 5.85. The van der Waals surface area contributed by atoms with E-state index in [1.807, 2.05) is 19.1 Å². The van der Waals surface area contributed by atoms with Crippen molar-refractivity contribution in [3.63, 3.8) is 0 Å². The maximum atomic E-state index is 12.1. The SMILES string of the molecule is CCCC(N)C(=O)NCC(c1ccc(OC)cc1)N1CCCC1.Cl. The molecule has 1 saturated heterocycles. The van der Waals surface area contributed by atoms with Crippen LogP contribution in [0.3, 0.4) is 0 Å². The number of nitrogens with one attached hydrogen (secondary N) is 1. The Morgan fingerprint density at radius 2 is 1.92 bits per heavy atom. The Bertz CT molecular complexity index is 490. The predicted octanol–water partition coefficient (Wildman–Crippen LogP) is 2.50. The standard InChI is InChI=1S/C18H29N3O2.ClH/c1-3-6-16(19)18(22)20-13-17(21-11-4-5-12-21)14-7-9-15(23-2)10-8-14;/h7-10,16-17H,3-6,11-13,19H2,1-2H3,(H,20,22);1H. The maximum Gasteiger partial charge on any atom is 0.236 e. The highest BCUT2D eigenvalue weighted by atomic mass is 35.5. The quantitative estimate of drug-likeness (QED) is 0.751. The predicted molar refractivity (Wildman–Crippen MR) is 99.7 cm³/mol. The van der Waals surface area contributed by atoms with E-state index in [0.29, 0.717) is 6.54 Å². The van der Waals surface area contributed by atoms with E-state index in [4.69, 9.17) is 10.5 Å². The summed E-state index contributed by atoms with van der Waals surface area (Å²) in [6.07, 6.45) is 4.08. The number of hydrogen-bond donors (Lipinski definition) is 2. The third-order valence-corrected chi connectivity index (χ3v) is 4.49. The second-order valence-electron chi connectivity index (χ2n) is 6.17. The summed E-state index contributed by atoms with van der Waals surface area (Å²) in [7, 11) is 1.67. The van der Waals surface area contributed by atoms with Gasteiger partial charge in [0.15, 0.2) is 0 Å². The first-order valence-electron chi connectivity index (χ1n) is 8.57. The fraction of sp³-hybridized carbons (Fsp3) is 0.611. The number of nitrogens with two attached hydrogens (primary N) is 1. The average Bonchev–Trinajstić information content (AvgIpc) is 3.10. The normalized spacial score (nSPS) is 17.0. The topological polar surface area (TPSA) is 67.6 Å². The van der Waals surface area contributed by atoms with Crippen molar-refractivity contribution in [1.82, 2.24) is 10.2 Å². The van der Waals surface area contributed by atoms with Crippen LogP contribution in [-0.4, -0.2) is 43.6 Å². The number of methoxy groups -OCH3 is 1. The van der Waals surface area contributed by atoms with Crippen LogP contribution in [0.1, 0.15) is 44.2 Å². The molecule has 6 heteroatoms. The summed E-state index contributed by atoms with van der Waals surface area (Å²) in [4.78, 5) is 14.5. The third-order valence-electron chi connectivity index (χ3n) is 4.49. The first kappa shape index (κ1) is 20.7. The minimum Gasteiger partial charge on any atom is -0.497 e. The minimum atomic E-state index is -0.407. The fourth-order valence-corrected chi connectivity index (χ4v) is 3.11. The lowest BCUT2D eigenvalue weighted by Crippen LogP contribution is -2.44. The lowest BCUT2D eigenvalue weighted by atomic mass is 10.0. The zero-order valence-electron chi connectivity index (χ0n) is 14.7. The number of nitrogens with zero attached hydrogens (tertiary/aromatic N) is 1. The fourth-order valence-electron chi connectivity index (χ4n) is 3.11.